The number of fused-ring (bicyclic) bond motifs is 3. The number of rotatable bonds is 3. The summed E-state index contributed by atoms with van der Waals surface area (Å²) in [5.41, 5.74) is 6.18. The molecule has 1 aliphatic rings. The number of nitrogens with one attached hydrogen (secondary N) is 2. The molecule has 2 N–H and O–H groups in total. The molecule has 0 spiro atoms. The van der Waals surface area contributed by atoms with Crippen LogP contribution in [0.4, 0.5) is 0 Å². The van der Waals surface area contributed by atoms with Crippen molar-refractivity contribution in [3.63, 3.8) is 0 Å². The fourth-order valence-corrected chi connectivity index (χ4v) is 3.85. The van der Waals surface area contributed by atoms with E-state index in [2.05, 4.69) is 47.6 Å². The van der Waals surface area contributed by atoms with Crippen molar-refractivity contribution in [2.75, 3.05) is 13.7 Å². The van der Waals surface area contributed by atoms with Crippen LogP contribution >= 0.6 is 11.6 Å². The van der Waals surface area contributed by atoms with Gasteiger partial charge in [-0.05, 0) is 48.2 Å². The van der Waals surface area contributed by atoms with Gasteiger partial charge in [-0.25, -0.2) is 0 Å². The average molecular weight is 341 g/mol. The summed E-state index contributed by atoms with van der Waals surface area (Å²) in [4.78, 5) is 3.60. The second-order valence-electron chi connectivity index (χ2n) is 6.27. The quantitative estimate of drug-likeness (QED) is 0.729. The Bertz CT molecular complexity index is 900. The van der Waals surface area contributed by atoms with E-state index in [4.69, 9.17) is 16.3 Å². The van der Waals surface area contributed by atoms with Gasteiger partial charge in [0.1, 0.15) is 5.75 Å². The number of methoxy groups -OCH3 is 1. The molecule has 0 saturated carbocycles. The predicted molar refractivity (Wildman–Crippen MR) is 99.2 cm³/mol. The molecule has 1 atom stereocenters. The highest BCUT2D eigenvalue weighted by Gasteiger charge is 2.27. The zero-order chi connectivity index (χ0) is 16.7. The molecule has 0 saturated heterocycles. The maximum absolute atomic E-state index is 6.20. The van der Waals surface area contributed by atoms with Crippen molar-refractivity contribution in [2.45, 2.75) is 25.8 Å². The van der Waals surface area contributed by atoms with E-state index in [1.54, 1.807) is 7.11 Å². The van der Waals surface area contributed by atoms with Crippen molar-refractivity contribution in [3.05, 3.63) is 63.8 Å². The van der Waals surface area contributed by atoms with Crippen LogP contribution < -0.4 is 10.1 Å². The summed E-state index contributed by atoms with van der Waals surface area (Å²) < 4.78 is 5.67. The van der Waals surface area contributed by atoms with Gasteiger partial charge in [0.25, 0.3) is 0 Å². The van der Waals surface area contributed by atoms with Crippen molar-refractivity contribution >= 4 is 22.5 Å². The Kier molecular flexibility index (Phi) is 3.99. The predicted octanol–water partition coefficient (Wildman–Crippen LogP) is 4.63. The molecule has 2 aromatic carbocycles. The first-order valence-corrected chi connectivity index (χ1v) is 8.79. The molecule has 0 bridgehead atoms. The number of benzene rings is 2. The fraction of sp³-hybridized carbons (Fsp3) is 0.300. The highest BCUT2D eigenvalue weighted by Crippen LogP contribution is 2.37. The van der Waals surface area contributed by atoms with Crippen LogP contribution in [-0.2, 0) is 12.8 Å². The molecule has 0 amide bonds. The summed E-state index contributed by atoms with van der Waals surface area (Å²) in [6, 6.07) is 12.7. The van der Waals surface area contributed by atoms with Crippen LogP contribution in [0.15, 0.2) is 36.4 Å². The molecule has 3 nitrogen and oxygen atoms in total. The van der Waals surface area contributed by atoms with Crippen molar-refractivity contribution in [1.29, 1.82) is 0 Å². The number of halogens is 1. The van der Waals surface area contributed by atoms with E-state index in [-0.39, 0.29) is 6.04 Å². The Hall–Kier alpha value is -1.97. The minimum atomic E-state index is 0.112. The second-order valence-corrected chi connectivity index (χ2v) is 6.71. The van der Waals surface area contributed by atoms with Crippen LogP contribution in [0.1, 0.15) is 35.3 Å². The zero-order valence-electron chi connectivity index (χ0n) is 13.9. The number of aryl methyl sites for hydroxylation is 1. The van der Waals surface area contributed by atoms with Gasteiger partial charge in [-0.1, -0.05) is 30.7 Å². The fourth-order valence-electron chi connectivity index (χ4n) is 3.68. The summed E-state index contributed by atoms with van der Waals surface area (Å²) in [5.74, 6) is 0.941. The van der Waals surface area contributed by atoms with Crippen molar-refractivity contribution in [2.24, 2.45) is 0 Å². The number of aromatic amines is 1. The molecule has 1 aliphatic heterocycles. The molecule has 4 heteroatoms. The van der Waals surface area contributed by atoms with Crippen LogP contribution in [0, 0.1) is 0 Å². The molecule has 1 aromatic heterocycles. The van der Waals surface area contributed by atoms with E-state index in [1.165, 1.54) is 27.8 Å². The number of hydrogen-bond acceptors (Lipinski definition) is 2. The summed E-state index contributed by atoms with van der Waals surface area (Å²) in [7, 11) is 1.74. The van der Waals surface area contributed by atoms with E-state index in [9.17, 15) is 0 Å². The minimum absolute atomic E-state index is 0.112. The third-order valence-electron chi connectivity index (χ3n) is 4.93. The molecule has 2 heterocycles. The monoisotopic (exact) mass is 340 g/mol. The van der Waals surface area contributed by atoms with Crippen molar-refractivity contribution in [1.82, 2.24) is 10.3 Å². The standard InChI is InChI=1S/C20H21ClN2O/c1-3-12-4-6-15(18(10-12)24-2)19-20-14(8-9-22-19)16-11-13(21)5-7-17(16)23-20/h4-7,10-11,19,22-23H,3,8-9H2,1-2H3. The number of H-pyrrole nitrogens is 1. The van der Waals surface area contributed by atoms with E-state index in [0.717, 1.165) is 35.7 Å². The molecule has 24 heavy (non-hydrogen) atoms. The number of ether oxygens (including phenoxy) is 1. The lowest BCUT2D eigenvalue weighted by atomic mass is 9.93. The van der Waals surface area contributed by atoms with Gasteiger partial charge in [0.15, 0.2) is 0 Å². The van der Waals surface area contributed by atoms with Crippen molar-refractivity contribution < 1.29 is 4.74 Å². The highest BCUT2D eigenvalue weighted by atomic mass is 35.5. The van der Waals surface area contributed by atoms with E-state index >= 15 is 0 Å². The van der Waals surface area contributed by atoms with E-state index in [0.29, 0.717) is 0 Å². The van der Waals surface area contributed by atoms with Crippen LogP contribution in [-0.4, -0.2) is 18.6 Å². The van der Waals surface area contributed by atoms with Gasteiger partial charge in [-0.3, -0.25) is 0 Å². The van der Waals surface area contributed by atoms with Crippen LogP contribution in [0.5, 0.6) is 5.75 Å². The first kappa shape index (κ1) is 15.6. The maximum atomic E-state index is 6.20. The second kappa shape index (κ2) is 6.15. The van der Waals surface area contributed by atoms with E-state index < -0.39 is 0 Å². The largest absolute Gasteiger partial charge is 0.496 e. The van der Waals surface area contributed by atoms with Gasteiger partial charge in [0.2, 0.25) is 0 Å². The normalized spacial score (nSPS) is 17.0. The first-order chi connectivity index (χ1) is 11.7. The van der Waals surface area contributed by atoms with Crippen LogP contribution in [0.2, 0.25) is 5.02 Å². The Morgan fingerprint density at radius 1 is 1.21 bits per heavy atom. The third kappa shape index (κ3) is 2.48. The summed E-state index contributed by atoms with van der Waals surface area (Å²) in [6.07, 6.45) is 2.01. The van der Waals surface area contributed by atoms with Crippen LogP contribution in [0.25, 0.3) is 10.9 Å². The molecule has 1 unspecified atom stereocenters. The zero-order valence-corrected chi connectivity index (χ0v) is 14.7. The van der Waals surface area contributed by atoms with Gasteiger partial charge in [0, 0.05) is 33.7 Å². The number of aromatic nitrogens is 1. The van der Waals surface area contributed by atoms with Gasteiger partial charge in [-0.2, -0.15) is 0 Å². The van der Waals surface area contributed by atoms with Crippen molar-refractivity contribution in [3.8, 4) is 5.75 Å². The minimum Gasteiger partial charge on any atom is -0.496 e. The molecular formula is C20H21ClN2O. The summed E-state index contributed by atoms with van der Waals surface area (Å²) in [6.45, 7) is 3.10. The topological polar surface area (TPSA) is 37.0 Å². The summed E-state index contributed by atoms with van der Waals surface area (Å²) in [5, 5.41) is 5.65. The Morgan fingerprint density at radius 3 is 2.88 bits per heavy atom. The summed E-state index contributed by atoms with van der Waals surface area (Å²) >= 11 is 6.20. The van der Waals surface area contributed by atoms with E-state index in [1.807, 2.05) is 6.07 Å². The molecule has 4 rings (SSSR count). The van der Waals surface area contributed by atoms with Gasteiger partial charge < -0.3 is 15.0 Å². The Morgan fingerprint density at radius 2 is 2.08 bits per heavy atom. The van der Waals surface area contributed by atoms with Gasteiger partial charge in [0.05, 0.1) is 13.2 Å². The average Bonchev–Trinajstić information content (AvgIpc) is 2.99. The SMILES string of the molecule is CCc1ccc(C2NCCc3c2[nH]c2ccc(Cl)cc32)c(OC)c1. The number of hydrogen-bond donors (Lipinski definition) is 2. The van der Waals surface area contributed by atoms with Gasteiger partial charge in [-0.15, -0.1) is 0 Å². The molecule has 0 aliphatic carbocycles. The molecular weight excluding hydrogens is 320 g/mol. The van der Waals surface area contributed by atoms with Crippen LogP contribution in [0.3, 0.4) is 0 Å². The first-order valence-electron chi connectivity index (χ1n) is 8.41. The lowest BCUT2D eigenvalue weighted by molar-refractivity contribution is 0.401. The molecule has 0 fully saturated rings. The molecule has 124 valence electrons. The molecule has 3 aromatic rings. The van der Waals surface area contributed by atoms with Gasteiger partial charge >= 0.3 is 0 Å². The smallest absolute Gasteiger partial charge is 0.124 e. The Labute approximate surface area is 147 Å². The lowest BCUT2D eigenvalue weighted by Crippen LogP contribution is -2.30. The maximum Gasteiger partial charge on any atom is 0.124 e. The lowest BCUT2D eigenvalue weighted by Gasteiger charge is -2.26. The molecule has 0 radical (unpaired) electrons. The highest BCUT2D eigenvalue weighted by molar-refractivity contribution is 6.31. The third-order valence-corrected chi connectivity index (χ3v) is 5.17. The Balaban J connectivity index is 1.86.